The second kappa shape index (κ2) is 4.63. The van der Waals surface area contributed by atoms with Crippen molar-refractivity contribution < 1.29 is 0 Å². The summed E-state index contributed by atoms with van der Waals surface area (Å²) in [5.74, 6) is 0. The van der Waals surface area contributed by atoms with Crippen LogP contribution in [-0.2, 0) is 0 Å². The molecule has 0 radical (unpaired) electrons. The lowest BCUT2D eigenvalue weighted by molar-refractivity contribution is 0.485. The maximum atomic E-state index is 4.11. The van der Waals surface area contributed by atoms with Crippen molar-refractivity contribution in [3.63, 3.8) is 0 Å². The average molecular weight is 168 g/mol. The SMILES string of the molecule is C=C1CCNCCC1NC(C)C. The molecule has 1 rings (SSSR count). The van der Waals surface area contributed by atoms with E-state index < -0.39 is 0 Å². The number of nitrogens with one attached hydrogen (secondary N) is 2. The minimum absolute atomic E-state index is 0.528. The first-order valence-corrected chi connectivity index (χ1v) is 4.84. The van der Waals surface area contributed by atoms with Gasteiger partial charge < -0.3 is 10.6 Å². The molecule has 2 N–H and O–H groups in total. The van der Waals surface area contributed by atoms with Crippen LogP contribution in [0.5, 0.6) is 0 Å². The van der Waals surface area contributed by atoms with Crippen LogP contribution in [0, 0.1) is 0 Å². The van der Waals surface area contributed by atoms with Crippen molar-refractivity contribution >= 4 is 0 Å². The Morgan fingerprint density at radius 3 is 2.92 bits per heavy atom. The second-order valence-corrected chi connectivity index (χ2v) is 3.82. The average Bonchev–Trinajstić information content (AvgIpc) is 2.16. The minimum Gasteiger partial charge on any atom is -0.316 e. The van der Waals surface area contributed by atoms with Crippen LogP contribution < -0.4 is 10.6 Å². The van der Waals surface area contributed by atoms with Crippen LogP contribution in [0.2, 0.25) is 0 Å². The predicted octanol–water partition coefficient (Wildman–Crippen LogP) is 1.29. The van der Waals surface area contributed by atoms with Gasteiger partial charge in [-0.05, 0) is 25.9 Å². The molecule has 0 aromatic heterocycles. The first kappa shape index (κ1) is 9.75. The summed E-state index contributed by atoms with van der Waals surface area (Å²) in [6.45, 7) is 10.7. The van der Waals surface area contributed by atoms with E-state index >= 15 is 0 Å². The second-order valence-electron chi connectivity index (χ2n) is 3.82. The standard InChI is InChI=1S/C10H20N2/c1-8(2)12-10-5-7-11-6-4-9(10)3/h8,10-12H,3-7H2,1-2H3. The monoisotopic (exact) mass is 168 g/mol. The van der Waals surface area contributed by atoms with Gasteiger partial charge in [-0.3, -0.25) is 0 Å². The van der Waals surface area contributed by atoms with Crippen molar-refractivity contribution in [3.05, 3.63) is 12.2 Å². The summed E-state index contributed by atoms with van der Waals surface area (Å²) in [6.07, 6.45) is 2.29. The molecule has 0 amide bonds. The molecule has 0 aromatic rings. The fourth-order valence-electron chi connectivity index (χ4n) is 1.60. The van der Waals surface area contributed by atoms with Crippen LogP contribution in [0.1, 0.15) is 26.7 Å². The number of hydrogen-bond acceptors (Lipinski definition) is 2. The number of hydrogen-bond donors (Lipinski definition) is 2. The van der Waals surface area contributed by atoms with E-state index in [0.717, 1.165) is 19.5 Å². The molecular formula is C10H20N2. The largest absolute Gasteiger partial charge is 0.316 e. The molecule has 1 aliphatic heterocycles. The van der Waals surface area contributed by atoms with Crippen molar-refractivity contribution in [2.24, 2.45) is 0 Å². The highest BCUT2D eigenvalue weighted by molar-refractivity contribution is 5.07. The summed E-state index contributed by atoms with van der Waals surface area (Å²) in [6, 6.07) is 1.09. The van der Waals surface area contributed by atoms with Crippen LogP contribution in [-0.4, -0.2) is 25.2 Å². The Labute approximate surface area is 75.4 Å². The third-order valence-electron chi connectivity index (χ3n) is 2.26. The van der Waals surface area contributed by atoms with Gasteiger partial charge in [-0.25, -0.2) is 0 Å². The van der Waals surface area contributed by atoms with E-state index in [1.807, 2.05) is 0 Å². The molecule has 0 aliphatic carbocycles. The van der Waals surface area contributed by atoms with Gasteiger partial charge in [-0.1, -0.05) is 26.0 Å². The molecule has 1 aliphatic rings. The summed E-state index contributed by atoms with van der Waals surface area (Å²) in [5, 5.41) is 6.91. The zero-order valence-electron chi connectivity index (χ0n) is 8.19. The van der Waals surface area contributed by atoms with Crippen LogP contribution in [0.25, 0.3) is 0 Å². The van der Waals surface area contributed by atoms with E-state index in [9.17, 15) is 0 Å². The van der Waals surface area contributed by atoms with Gasteiger partial charge in [0.2, 0.25) is 0 Å². The fraction of sp³-hybridized carbons (Fsp3) is 0.800. The molecule has 0 bridgehead atoms. The van der Waals surface area contributed by atoms with E-state index in [4.69, 9.17) is 0 Å². The molecule has 1 heterocycles. The van der Waals surface area contributed by atoms with E-state index in [1.165, 1.54) is 12.0 Å². The summed E-state index contributed by atoms with van der Waals surface area (Å²) in [5.41, 5.74) is 1.36. The van der Waals surface area contributed by atoms with Crippen LogP contribution in [0.15, 0.2) is 12.2 Å². The summed E-state index contributed by atoms with van der Waals surface area (Å²) >= 11 is 0. The summed E-state index contributed by atoms with van der Waals surface area (Å²) < 4.78 is 0. The fourth-order valence-corrected chi connectivity index (χ4v) is 1.60. The van der Waals surface area contributed by atoms with E-state index in [1.54, 1.807) is 0 Å². The van der Waals surface area contributed by atoms with Gasteiger partial charge in [0.05, 0.1) is 0 Å². The zero-order chi connectivity index (χ0) is 8.97. The van der Waals surface area contributed by atoms with Gasteiger partial charge in [0.15, 0.2) is 0 Å². The molecular weight excluding hydrogens is 148 g/mol. The van der Waals surface area contributed by atoms with Crippen molar-refractivity contribution in [1.29, 1.82) is 0 Å². The predicted molar refractivity (Wildman–Crippen MR) is 53.3 cm³/mol. The molecule has 1 fully saturated rings. The van der Waals surface area contributed by atoms with Gasteiger partial charge in [-0.2, -0.15) is 0 Å². The molecule has 2 heteroatoms. The molecule has 2 nitrogen and oxygen atoms in total. The molecule has 70 valence electrons. The molecule has 1 saturated heterocycles. The highest BCUT2D eigenvalue weighted by atomic mass is 15.0. The third kappa shape index (κ3) is 2.95. The maximum absolute atomic E-state index is 4.11. The van der Waals surface area contributed by atoms with Gasteiger partial charge in [-0.15, -0.1) is 0 Å². The smallest absolute Gasteiger partial charge is 0.0291 e. The normalized spacial score (nSPS) is 25.9. The topological polar surface area (TPSA) is 24.1 Å². The van der Waals surface area contributed by atoms with Gasteiger partial charge in [0.1, 0.15) is 0 Å². The lowest BCUT2D eigenvalue weighted by Gasteiger charge is -2.20. The Bertz CT molecular complexity index is 152. The van der Waals surface area contributed by atoms with Crippen molar-refractivity contribution in [3.8, 4) is 0 Å². The van der Waals surface area contributed by atoms with E-state index in [0.29, 0.717) is 12.1 Å². The molecule has 1 atom stereocenters. The molecule has 0 spiro atoms. The highest BCUT2D eigenvalue weighted by Crippen LogP contribution is 2.11. The Morgan fingerprint density at radius 1 is 1.50 bits per heavy atom. The van der Waals surface area contributed by atoms with Gasteiger partial charge in [0, 0.05) is 12.1 Å². The maximum Gasteiger partial charge on any atom is 0.0291 e. The van der Waals surface area contributed by atoms with Crippen LogP contribution in [0.3, 0.4) is 0 Å². The van der Waals surface area contributed by atoms with Crippen LogP contribution in [0.4, 0.5) is 0 Å². The Balaban J connectivity index is 2.42. The molecule has 1 unspecified atom stereocenters. The van der Waals surface area contributed by atoms with Gasteiger partial charge in [0.25, 0.3) is 0 Å². The number of rotatable bonds is 2. The first-order valence-electron chi connectivity index (χ1n) is 4.84. The molecule has 12 heavy (non-hydrogen) atoms. The minimum atomic E-state index is 0.528. The highest BCUT2D eigenvalue weighted by Gasteiger charge is 2.15. The zero-order valence-corrected chi connectivity index (χ0v) is 8.19. The Hall–Kier alpha value is -0.340. The van der Waals surface area contributed by atoms with Crippen LogP contribution >= 0.6 is 0 Å². The Morgan fingerprint density at radius 2 is 2.25 bits per heavy atom. The quantitative estimate of drug-likeness (QED) is 0.607. The van der Waals surface area contributed by atoms with E-state index in [-0.39, 0.29) is 0 Å². The Kier molecular flexibility index (Phi) is 3.76. The van der Waals surface area contributed by atoms with Crippen molar-refractivity contribution in [2.45, 2.75) is 38.8 Å². The van der Waals surface area contributed by atoms with Crippen molar-refractivity contribution in [1.82, 2.24) is 10.6 Å². The summed E-state index contributed by atoms with van der Waals surface area (Å²) in [7, 11) is 0. The molecule has 0 saturated carbocycles. The molecule has 0 aromatic carbocycles. The lowest BCUT2D eigenvalue weighted by Crippen LogP contribution is -2.36. The lowest BCUT2D eigenvalue weighted by atomic mass is 10.0. The first-order chi connectivity index (χ1) is 5.70. The van der Waals surface area contributed by atoms with E-state index in [2.05, 4.69) is 31.1 Å². The third-order valence-corrected chi connectivity index (χ3v) is 2.26. The van der Waals surface area contributed by atoms with Gasteiger partial charge >= 0.3 is 0 Å². The van der Waals surface area contributed by atoms with Crippen molar-refractivity contribution in [2.75, 3.05) is 13.1 Å². The summed E-state index contributed by atoms with van der Waals surface area (Å²) in [4.78, 5) is 0.